The molecule has 8 nitrogen and oxygen atoms in total. The molecular weight excluding hydrogens is 427 g/mol. The third-order valence-corrected chi connectivity index (χ3v) is 4.03. The van der Waals surface area contributed by atoms with Crippen LogP contribution in [-0.4, -0.2) is 32.2 Å². The van der Waals surface area contributed by atoms with E-state index in [1.807, 2.05) is 0 Å². The average Bonchev–Trinajstić information content (AvgIpc) is 3.30. The van der Waals surface area contributed by atoms with Crippen molar-refractivity contribution in [2.45, 2.75) is 6.36 Å². The minimum Gasteiger partial charge on any atom is -0.438 e. The Morgan fingerprint density at radius 3 is 2.41 bits per heavy atom. The lowest BCUT2D eigenvalue weighted by Crippen LogP contribution is -2.18. The van der Waals surface area contributed by atoms with Gasteiger partial charge in [-0.3, -0.25) is 4.79 Å². The molecule has 0 radical (unpaired) electrons. The third-order valence-electron chi connectivity index (χ3n) is 4.03. The Kier molecular flexibility index (Phi) is 5.71. The molecule has 4 aromatic rings. The van der Waals surface area contributed by atoms with E-state index >= 15 is 0 Å². The van der Waals surface area contributed by atoms with Crippen LogP contribution in [0.4, 0.5) is 18.9 Å². The highest BCUT2D eigenvalue weighted by Gasteiger charge is 2.31. The molecule has 0 aliphatic heterocycles. The summed E-state index contributed by atoms with van der Waals surface area (Å²) in [4.78, 5) is 12.3. The van der Waals surface area contributed by atoms with Gasteiger partial charge in [-0.05, 0) is 54.6 Å². The van der Waals surface area contributed by atoms with Gasteiger partial charge in [-0.15, -0.1) is 23.4 Å². The van der Waals surface area contributed by atoms with E-state index in [1.165, 1.54) is 12.1 Å². The lowest BCUT2D eigenvalue weighted by Gasteiger charge is -2.10. The largest absolute Gasteiger partial charge is 0.573 e. The fourth-order valence-corrected chi connectivity index (χ4v) is 2.66. The van der Waals surface area contributed by atoms with Crippen molar-refractivity contribution in [2.24, 2.45) is 0 Å². The molecule has 0 saturated heterocycles. The fourth-order valence-electron chi connectivity index (χ4n) is 2.66. The third kappa shape index (κ3) is 5.39. The minimum atomic E-state index is -4.84. The molecule has 1 amide bonds. The number of hydrogen-bond donors (Lipinski definition) is 1. The number of anilines is 1. The number of benzene rings is 2. The molecule has 11 heteroatoms. The van der Waals surface area contributed by atoms with Crippen molar-refractivity contribution in [3.05, 3.63) is 84.7 Å². The standard InChI is InChI=1S/C21H14F3N5O3/c22-21(23,24)32-17-4-1-3-14(13-17)20(30)26-15-5-7-16(8-6-15)31-19-10-9-18(27-28-19)29-12-2-11-25-29/h1-13H,(H,26,30). The van der Waals surface area contributed by atoms with E-state index in [2.05, 4.69) is 25.3 Å². The first-order chi connectivity index (χ1) is 15.4. The number of nitrogens with one attached hydrogen (secondary N) is 1. The Morgan fingerprint density at radius 1 is 0.938 bits per heavy atom. The summed E-state index contributed by atoms with van der Waals surface area (Å²) < 4.78 is 48.1. The van der Waals surface area contributed by atoms with Crippen LogP contribution in [0.1, 0.15) is 10.4 Å². The minimum absolute atomic E-state index is 0.0135. The molecule has 0 aliphatic rings. The number of halogens is 3. The predicted octanol–water partition coefficient (Wildman–Crippen LogP) is 4.61. The van der Waals surface area contributed by atoms with Crippen molar-refractivity contribution in [2.75, 3.05) is 5.32 Å². The van der Waals surface area contributed by atoms with Crippen LogP contribution >= 0.6 is 0 Å². The molecule has 1 N–H and O–H groups in total. The van der Waals surface area contributed by atoms with Gasteiger partial charge in [0.1, 0.15) is 11.5 Å². The van der Waals surface area contributed by atoms with Gasteiger partial charge in [0.25, 0.3) is 5.91 Å². The lowest BCUT2D eigenvalue weighted by atomic mass is 10.2. The van der Waals surface area contributed by atoms with Crippen LogP contribution in [0.3, 0.4) is 0 Å². The maximum absolute atomic E-state index is 12.4. The molecule has 0 aliphatic carbocycles. The van der Waals surface area contributed by atoms with Gasteiger partial charge in [0.2, 0.25) is 5.88 Å². The number of amides is 1. The van der Waals surface area contributed by atoms with Gasteiger partial charge in [-0.25, -0.2) is 4.68 Å². The number of hydrogen-bond acceptors (Lipinski definition) is 6. The molecule has 162 valence electrons. The molecular formula is C21H14F3N5O3. The highest BCUT2D eigenvalue weighted by Crippen LogP contribution is 2.25. The van der Waals surface area contributed by atoms with Crippen LogP contribution in [0, 0.1) is 0 Å². The zero-order valence-electron chi connectivity index (χ0n) is 16.2. The second kappa shape index (κ2) is 8.76. The van der Waals surface area contributed by atoms with E-state index in [9.17, 15) is 18.0 Å². The highest BCUT2D eigenvalue weighted by molar-refractivity contribution is 6.04. The fraction of sp³-hybridized carbons (Fsp3) is 0.0476. The Morgan fingerprint density at radius 2 is 1.75 bits per heavy atom. The summed E-state index contributed by atoms with van der Waals surface area (Å²) in [6.07, 6.45) is -1.48. The van der Waals surface area contributed by atoms with E-state index in [-0.39, 0.29) is 11.4 Å². The molecule has 0 spiro atoms. The Balaban J connectivity index is 1.37. The second-order valence-electron chi connectivity index (χ2n) is 6.34. The van der Waals surface area contributed by atoms with Gasteiger partial charge in [-0.2, -0.15) is 5.10 Å². The number of carbonyl (C=O) groups excluding carboxylic acids is 1. The Hall–Kier alpha value is -4.41. The quantitative estimate of drug-likeness (QED) is 0.470. The molecule has 2 aromatic carbocycles. The van der Waals surface area contributed by atoms with E-state index in [0.29, 0.717) is 17.3 Å². The lowest BCUT2D eigenvalue weighted by molar-refractivity contribution is -0.274. The van der Waals surface area contributed by atoms with Crippen LogP contribution in [0.15, 0.2) is 79.1 Å². The number of aromatic nitrogens is 4. The summed E-state index contributed by atoms with van der Waals surface area (Å²) in [7, 11) is 0. The van der Waals surface area contributed by atoms with E-state index in [1.54, 1.807) is 59.5 Å². The SMILES string of the molecule is O=C(Nc1ccc(Oc2ccc(-n3cccn3)nn2)cc1)c1cccc(OC(F)(F)F)c1. The number of alkyl halides is 3. The molecule has 4 rings (SSSR count). The molecule has 0 unspecified atom stereocenters. The van der Waals surface area contributed by atoms with Crippen LogP contribution in [0.5, 0.6) is 17.4 Å². The zero-order valence-corrected chi connectivity index (χ0v) is 16.2. The number of ether oxygens (including phenoxy) is 2. The van der Waals surface area contributed by atoms with Crippen molar-refractivity contribution in [3.63, 3.8) is 0 Å². The number of rotatable bonds is 6. The summed E-state index contributed by atoms with van der Waals surface area (Å²) in [6, 6.07) is 16.2. The molecule has 32 heavy (non-hydrogen) atoms. The topological polar surface area (TPSA) is 91.2 Å². The Labute approximate surface area is 179 Å². The number of nitrogens with zero attached hydrogens (tertiary/aromatic N) is 4. The normalized spacial score (nSPS) is 11.1. The van der Waals surface area contributed by atoms with E-state index in [4.69, 9.17) is 4.74 Å². The Bertz CT molecular complexity index is 1190. The summed E-state index contributed by atoms with van der Waals surface area (Å²) >= 11 is 0. The smallest absolute Gasteiger partial charge is 0.438 e. The molecule has 0 bridgehead atoms. The van der Waals surface area contributed by atoms with Crippen LogP contribution < -0.4 is 14.8 Å². The maximum Gasteiger partial charge on any atom is 0.573 e. The first-order valence-corrected chi connectivity index (χ1v) is 9.14. The van der Waals surface area contributed by atoms with Gasteiger partial charge >= 0.3 is 6.36 Å². The first kappa shape index (κ1) is 20.8. The second-order valence-corrected chi connectivity index (χ2v) is 6.34. The van der Waals surface area contributed by atoms with Crippen LogP contribution in [0.25, 0.3) is 5.82 Å². The summed E-state index contributed by atoms with van der Waals surface area (Å²) in [5.74, 6) is 0.175. The number of carbonyl (C=O) groups is 1. The van der Waals surface area contributed by atoms with Crippen LogP contribution in [-0.2, 0) is 0 Å². The van der Waals surface area contributed by atoms with Crippen molar-refractivity contribution in [1.29, 1.82) is 0 Å². The van der Waals surface area contributed by atoms with Gasteiger partial charge in [0.05, 0.1) is 0 Å². The van der Waals surface area contributed by atoms with Gasteiger partial charge in [0.15, 0.2) is 5.82 Å². The summed E-state index contributed by atoms with van der Waals surface area (Å²) in [5.41, 5.74) is 0.434. The monoisotopic (exact) mass is 441 g/mol. The van der Waals surface area contributed by atoms with Crippen LogP contribution in [0.2, 0.25) is 0 Å². The molecule has 0 atom stereocenters. The average molecular weight is 441 g/mol. The summed E-state index contributed by atoms with van der Waals surface area (Å²) in [5, 5.41) is 14.7. The predicted molar refractivity (Wildman–Crippen MR) is 107 cm³/mol. The van der Waals surface area contributed by atoms with Crippen molar-refractivity contribution in [3.8, 4) is 23.2 Å². The van der Waals surface area contributed by atoms with Gasteiger partial charge < -0.3 is 14.8 Å². The van der Waals surface area contributed by atoms with Gasteiger partial charge in [-0.1, -0.05) is 6.07 Å². The molecule has 0 fully saturated rings. The summed E-state index contributed by atoms with van der Waals surface area (Å²) in [6.45, 7) is 0. The van der Waals surface area contributed by atoms with Crippen molar-refractivity contribution in [1.82, 2.24) is 20.0 Å². The molecule has 0 saturated carbocycles. The maximum atomic E-state index is 12.4. The first-order valence-electron chi connectivity index (χ1n) is 9.14. The highest BCUT2D eigenvalue weighted by atomic mass is 19.4. The molecule has 2 heterocycles. The van der Waals surface area contributed by atoms with E-state index in [0.717, 1.165) is 12.1 Å². The molecule has 2 aromatic heterocycles. The van der Waals surface area contributed by atoms with Crippen molar-refractivity contribution < 1.29 is 27.4 Å². The van der Waals surface area contributed by atoms with E-state index < -0.39 is 18.0 Å². The van der Waals surface area contributed by atoms with Gasteiger partial charge in [0, 0.05) is 29.7 Å². The van der Waals surface area contributed by atoms with Crippen molar-refractivity contribution >= 4 is 11.6 Å². The zero-order chi connectivity index (χ0) is 22.6.